The van der Waals surface area contributed by atoms with E-state index in [0.717, 1.165) is 17.2 Å². The van der Waals surface area contributed by atoms with Crippen LogP contribution in [-0.2, 0) is 4.79 Å². The fourth-order valence-corrected chi connectivity index (χ4v) is 4.41. The van der Waals surface area contributed by atoms with Crippen LogP contribution in [0.5, 0.6) is 5.75 Å². The maximum atomic E-state index is 14.9. The van der Waals surface area contributed by atoms with Crippen LogP contribution in [-0.4, -0.2) is 52.9 Å². The first-order valence-electron chi connectivity index (χ1n) is 10.2. The highest BCUT2D eigenvalue weighted by Gasteiger charge is 2.39. The standard InChI is InChI=1S/C24H26FN3O3/c1-13(12-27(3)4)15-7-9-16(10-8-15)18-19-17-6-5-11-28(31)22(17)24(30)26-21(19)14(2)20(25)23(18)29/h5-11,13,22,29,31H,12H2,1-4H3,(H,26,30). The molecule has 0 spiro atoms. The van der Waals surface area contributed by atoms with Crippen molar-refractivity contribution in [3.8, 4) is 16.9 Å². The summed E-state index contributed by atoms with van der Waals surface area (Å²) in [6.07, 6.45) is 4.71. The average Bonchev–Trinajstić information content (AvgIpc) is 2.73. The molecule has 0 saturated heterocycles. The molecular weight excluding hydrogens is 397 g/mol. The second kappa shape index (κ2) is 7.83. The van der Waals surface area contributed by atoms with E-state index >= 15 is 0 Å². The van der Waals surface area contributed by atoms with Crippen LogP contribution in [0, 0.1) is 12.7 Å². The normalized spacial score (nSPS) is 18.4. The first kappa shape index (κ1) is 21.1. The van der Waals surface area contributed by atoms with Crippen molar-refractivity contribution in [2.24, 2.45) is 0 Å². The van der Waals surface area contributed by atoms with Gasteiger partial charge in [-0.15, -0.1) is 0 Å². The fourth-order valence-electron chi connectivity index (χ4n) is 4.41. The molecule has 0 aliphatic carbocycles. The zero-order chi connectivity index (χ0) is 22.4. The molecule has 7 heteroatoms. The Bertz CT molecular complexity index is 1110. The minimum Gasteiger partial charge on any atom is -0.504 e. The lowest BCUT2D eigenvalue weighted by atomic mass is 9.82. The zero-order valence-corrected chi connectivity index (χ0v) is 18.0. The number of rotatable bonds is 4. The molecule has 0 bridgehead atoms. The molecular formula is C24H26FN3O3. The molecule has 0 saturated carbocycles. The van der Waals surface area contributed by atoms with Crippen molar-refractivity contribution in [1.29, 1.82) is 0 Å². The number of allylic oxidation sites excluding steroid dienone is 2. The molecule has 2 atom stereocenters. The van der Waals surface area contributed by atoms with Gasteiger partial charge in [0.05, 0.1) is 5.69 Å². The van der Waals surface area contributed by atoms with Gasteiger partial charge in [0.15, 0.2) is 17.6 Å². The third kappa shape index (κ3) is 3.49. The highest BCUT2D eigenvalue weighted by atomic mass is 19.1. The SMILES string of the molecule is Cc1c(F)c(O)c(-c2ccc(C(C)CN(C)C)cc2)c2c1NC(=O)C1C2=CC=CN1O. The molecule has 2 aromatic carbocycles. The molecule has 162 valence electrons. The average molecular weight is 423 g/mol. The van der Waals surface area contributed by atoms with E-state index in [4.69, 9.17) is 0 Å². The molecule has 2 heterocycles. The van der Waals surface area contributed by atoms with Gasteiger partial charge in [0.1, 0.15) is 0 Å². The Morgan fingerprint density at radius 3 is 2.55 bits per heavy atom. The maximum Gasteiger partial charge on any atom is 0.254 e. The van der Waals surface area contributed by atoms with E-state index in [0.29, 0.717) is 33.9 Å². The number of fused-ring (bicyclic) bond motifs is 3. The molecule has 2 aromatic rings. The number of nitrogens with zero attached hydrogens (tertiary/aromatic N) is 2. The monoisotopic (exact) mass is 423 g/mol. The van der Waals surface area contributed by atoms with Crippen LogP contribution in [0.2, 0.25) is 0 Å². The molecule has 6 nitrogen and oxygen atoms in total. The number of halogens is 1. The number of carbonyl (C=O) groups excluding carboxylic acids is 1. The summed E-state index contributed by atoms with van der Waals surface area (Å²) in [5.74, 6) is -1.40. The third-order valence-corrected chi connectivity index (χ3v) is 5.92. The van der Waals surface area contributed by atoms with Gasteiger partial charge in [0, 0.05) is 29.4 Å². The number of phenolic OH excluding ortho intramolecular Hbond substituents is 1. The van der Waals surface area contributed by atoms with E-state index in [1.165, 1.54) is 13.1 Å². The first-order chi connectivity index (χ1) is 14.7. The Labute approximate surface area is 180 Å². The number of carbonyl (C=O) groups is 1. The van der Waals surface area contributed by atoms with E-state index in [2.05, 4.69) is 17.1 Å². The minimum absolute atomic E-state index is 0.152. The number of likely N-dealkylation sites (N-methyl/N-ethyl adjacent to an activating group) is 1. The maximum absolute atomic E-state index is 14.9. The van der Waals surface area contributed by atoms with Crippen molar-refractivity contribution in [3.05, 3.63) is 65.1 Å². The Morgan fingerprint density at radius 2 is 1.90 bits per heavy atom. The summed E-state index contributed by atoms with van der Waals surface area (Å²) in [6.45, 7) is 4.54. The van der Waals surface area contributed by atoms with Crippen molar-refractivity contribution in [2.45, 2.75) is 25.8 Å². The van der Waals surface area contributed by atoms with Crippen LogP contribution >= 0.6 is 0 Å². The summed E-state index contributed by atoms with van der Waals surface area (Å²) in [7, 11) is 4.04. The molecule has 31 heavy (non-hydrogen) atoms. The van der Waals surface area contributed by atoms with Crippen molar-refractivity contribution >= 4 is 17.2 Å². The van der Waals surface area contributed by atoms with Gasteiger partial charge in [-0.1, -0.05) is 37.3 Å². The molecule has 1 amide bonds. The first-order valence-corrected chi connectivity index (χ1v) is 10.2. The third-order valence-electron chi connectivity index (χ3n) is 5.92. The Hall–Kier alpha value is -3.16. The van der Waals surface area contributed by atoms with E-state index in [1.54, 1.807) is 12.2 Å². The van der Waals surface area contributed by atoms with E-state index in [9.17, 15) is 19.5 Å². The van der Waals surface area contributed by atoms with Crippen molar-refractivity contribution in [2.75, 3.05) is 26.0 Å². The smallest absolute Gasteiger partial charge is 0.254 e. The molecule has 2 aliphatic rings. The molecule has 0 aromatic heterocycles. The predicted octanol–water partition coefficient (Wildman–Crippen LogP) is 4.09. The Kier molecular flexibility index (Phi) is 5.33. The van der Waals surface area contributed by atoms with Crippen molar-refractivity contribution in [1.82, 2.24) is 9.96 Å². The van der Waals surface area contributed by atoms with Crippen LogP contribution in [0.25, 0.3) is 16.7 Å². The summed E-state index contributed by atoms with van der Waals surface area (Å²) >= 11 is 0. The number of hydrogen-bond acceptors (Lipinski definition) is 5. The minimum atomic E-state index is -0.972. The zero-order valence-electron chi connectivity index (χ0n) is 18.0. The van der Waals surface area contributed by atoms with Crippen LogP contribution in [0.1, 0.15) is 29.5 Å². The second-order valence-electron chi connectivity index (χ2n) is 8.43. The summed E-state index contributed by atoms with van der Waals surface area (Å²) < 4.78 is 14.9. The second-order valence-corrected chi connectivity index (χ2v) is 8.43. The van der Waals surface area contributed by atoms with E-state index in [1.807, 2.05) is 38.4 Å². The van der Waals surface area contributed by atoms with E-state index in [-0.39, 0.29) is 5.56 Å². The fraction of sp³-hybridized carbons (Fsp3) is 0.292. The number of phenols is 1. The predicted molar refractivity (Wildman–Crippen MR) is 118 cm³/mol. The number of benzene rings is 2. The number of anilines is 1. The number of aromatic hydroxyl groups is 1. The summed E-state index contributed by atoms with van der Waals surface area (Å²) in [5, 5.41) is 24.6. The summed E-state index contributed by atoms with van der Waals surface area (Å²) in [5.41, 5.74) is 3.53. The van der Waals surface area contributed by atoms with Crippen molar-refractivity contribution in [3.63, 3.8) is 0 Å². The molecule has 0 radical (unpaired) electrons. The van der Waals surface area contributed by atoms with Crippen LogP contribution in [0.4, 0.5) is 10.1 Å². The lowest BCUT2D eigenvalue weighted by Gasteiger charge is -2.35. The largest absolute Gasteiger partial charge is 0.504 e. The van der Waals surface area contributed by atoms with Crippen molar-refractivity contribution < 1.29 is 19.5 Å². The lowest BCUT2D eigenvalue weighted by molar-refractivity contribution is -0.131. The number of amides is 1. The number of hydrogen-bond donors (Lipinski definition) is 3. The highest BCUT2D eigenvalue weighted by Crippen LogP contribution is 2.48. The van der Waals surface area contributed by atoms with Gasteiger partial charge < -0.3 is 15.3 Å². The van der Waals surface area contributed by atoms with Gasteiger partial charge in [-0.25, -0.2) is 9.45 Å². The van der Waals surface area contributed by atoms with Gasteiger partial charge in [-0.05, 0) is 49.7 Å². The van der Waals surface area contributed by atoms with Crippen LogP contribution in [0.15, 0.2) is 42.6 Å². The lowest BCUT2D eigenvalue weighted by Crippen LogP contribution is -2.44. The molecule has 2 aliphatic heterocycles. The van der Waals surface area contributed by atoms with Gasteiger partial charge in [-0.2, -0.15) is 0 Å². The molecule has 0 fully saturated rings. The number of hydroxylamine groups is 2. The highest BCUT2D eigenvalue weighted by molar-refractivity contribution is 6.14. The summed E-state index contributed by atoms with van der Waals surface area (Å²) in [6, 6.07) is 6.68. The summed E-state index contributed by atoms with van der Waals surface area (Å²) in [4.78, 5) is 14.7. The molecule has 3 N–H and O–H groups in total. The molecule has 4 rings (SSSR count). The van der Waals surface area contributed by atoms with Gasteiger partial charge in [0.2, 0.25) is 0 Å². The van der Waals surface area contributed by atoms with Crippen LogP contribution in [0.3, 0.4) is 0 Å². The molecule has 2 unspecified atom stereocenters. The van der Waals surface area contributed by atoms with Gasteiger partial charge in [-0.3, -0.25) is 10.0 Å². The Balaban J connectivity index is 1.90. The van der Waals surface area contributed by atoms with Gasteiger partial charge >= 0.3 is 0 Å². The Morgan fingerprint density at radius 1 is 1.23 bits per heavy atom. The van der Waals surface area contributed by atoms with E-state index < -0.39 is 23.5 Å². The van der Waals surface area contributed by atoms with Gasteiger partial charge in [0.25, 0.3) is 5.91 Å². The number of nitrogens with one attached hydrogen (secondary N) is 1. The van der Waals surface area contributed by atoms with Crippen LogP contribution < -0.4 is 5.32 Å². The topological polar surface area (TPSA) is 76.0 Å². The quantitative estimate of drug-likeness (QED) is 0.646.